The van der Waals surface area contributed by atoms with Crippen LogP contribution in [0.5, 0.6) is 0 Å². The molecule has 2 rings (SSSR count). The molecule has 0 aliphatic carbocycles. The fourth-order valence-electron chi connectivity index (χ4n) is 2.13. The Morgan fingerprint density at radius 2 is 2.29 bits per heavy atom. The summed E-state index contributed by atoms with van der Waals surface area (Å²) in [6, 6.07) is 3.75. The summed E-state index contributed by atoms with van der Waals surface area (Å²) < 4.78 is 10.4. The molecule has 1 unspecified atom stereocenters. The first kappa shape index (κ1) is 15.7. The Morgan fingerprint density at radius 1 is 1.52 bits per heavy atom. The number of morpholine rings is 1. The van der Waals surface area contributed by atoms with Gasteiger partial charge in [-0.2, -0.15) is 0 Å². The molecule has 3 N–H and O–H groups in total. The number of pyridine rings is 1. The number of carbonyl (C=O) groups is 1. The zero-order valence-electron chi connectivity index (χ0n) is 12.2. The molecule has 1 saturated heterocycles. The van der Waals surface area contributed by atoms with E-state index in [0.29, 0.717) is 12.4 Å². The van der Waals surface area contributed by atoms with Crippen molar-refractivity contribution >= 4 is 17.4 Å². The van der Waals surface area contributed by atoms with Gasteiger partial charge in [-0.15, -0.1) is 0 Å². The van der Waals surface area contributed by atoms with Gasteiger partial charge in [0.15, 0.2) is 0 Å². The highest BCUT2D eigenvalue weighted by Crippen LogP contribution is 2.16. The molecule has 7 heteroatoms. The third kappa shape index (κ3) is 4.66. The van der Waals surface area contributed by atoms with Crippen molar-refractivity contribution in [1.29, 1.82) is 0 Å². The number of methoxy groups -OCH3 is 1. The zero-order valence-corrected chi connectivity index (χ0v) is 12.2. The molecule has 0 aromatic carbocycles. The maximum Gasteiger partial charge on any atom is 0.228 e. The number of nitrogens with two attached hydrogens (primary N) is 1. The molecule has 1 aromatic rings. The molecule has 1 aromatic heterocycles. The lowest BCUT2D eigenvalue weighted by molar-refractivity contribution is -0.118. The number of hydrogen-bond donors (Lipinski definition) is 2. The monoisotopic (exact) mass is 294 g/mol. The van der Waals surface area contributed by atoms with Crippen LogP contribution in [0.2, 0.25) is 0 Å². The first-order chi connectivity index (χ1) is 10.2. The average molecular weight is 294 g/mol. The number of ether oxygens (including phenoxy) is 2. The molecule has 7 nitrogen and oxygen atoms in total. The van der Waals surface area contributed by atoms with Crippen LogP contribution in [0.15, 0.2) is 18.3 Å². The molecule has 1 fully saturated rings. The van der Waals surface area contributed by atoms with Gasteiger partial charge in [0.1, 0.15) is 5.82 Å². The van der Waals surface area contributed by atoms with Crippen LogP contribution in [0.4, 0.5) is 11.5 Å². The number of rotatable bonds is 6. The van der Waals surface area contributed by atoms with E-state index >= 15 is 0 Å². The van der Waals surface area contributed by atoms with Gasteiger partial charge in [-0.1, -0.05) is 0 Å². The first-order valence-corrected chi connectivity index (χ1v) is 7.04. The summed E-state index contributed by atoms with van der Waals surface area (Å²) >= 11 is 0. The molecule has 1 atom stereocenters. The van der Waals surface area contributed by atoms with Crippen LogP contribution < -0.4 is 16.0 Å². The molecule has 1 amide bonds. The van der Waals surface area contributed by atoms with E-state index in [-0.39, 0.29) is 18.4 Å². The van der Waals surface area contributed by atoms with Crippen molar-refractivity contribution in [3.63, 3.8) is 0 Å². The van der Waals surface area contributed by atoms with Crippen molar-refractivity contribution in [1.82, 2.24) is 4.98 Å². The van der Waals surface area contributed by atoms with Gasteiger partial charge in [0.05, 0.1) is 37.6 Å². The predicted octanol–water partition coefficient (Wildman–Crippen LogP) is 0.221. The van der Waals surface area contributed by atoms with Gasteiger partial charge in [0.25, 0.3) is 0 Å². The first-order valence-electron chi connectivity index (χ1n) is 7.04. The fourth-order valence-corrected chi connectivity index (χ4v) is 2.13. The van der Waals surface area contributed by atoms with Crippen molar-refractivity contribution in [3.05, 3.63) is 18.3 Å². The van der Waals surface area contributed by atoms with Gasteiger partial charge in [0.2, 0.25) is 5.91 Å². The number of aromatic nitrogens is 1. The molecule has 116 valence electrons. The Bertz CT molecular complexity index is 442. The second-order valence-electron chi connectivity index (χ2n) is 4.85. The zero-order chi connectivity index (χ0) is 15.1. The minimum atomic E-state index is -0.266. The van der Waals surface area contributed by atoms with Gasteiger partial charge >= 0.3 is 0 Å². The number of nitrogens with one attached hydrogen (secondary N) is 1. The Labute approximate surface area is 124 Å². The molecular formula is C14H22N4O3. The van der Waals surface area contributed by atoms with Crippen LogP contribution in [-0.2, 0) is 14.3 Å². The number of hydrogen-bond acceptors (Lipinski definition) is 6. The molecule has 1 aliphatic heterocycles. The van der Waals surface area contributed by atoms with E-state index in [4.69, 9.17) is 15.2 Å². The van der Waals surface area contributed by atoms with Crippen molar-refractivity contribution in [2.75, 3.05) is 50.2 Å². The molecular weight excluding hydrogens is 272 g/mol. The highest BCUT2D eigenvalue weighted by Gasteiger charge is 2.13. The van der Waals surface area contributed by atoms with Gasteiger partial charge in [-0.3, -0.25) is 4.79 Å². The van der Waals surface area contributed by atoms with Crippen LogP contribution in [0.25, 0.3) is 0 Å². The van der Waals surface area contributed by atoms with Crippen molar-refractivity contribution < 1.29 is 14.3 Å². The molecule has 0 saturated carbocycles. The second kappa shape index (κ2) is 7.92. The highest BCUT2D eigenvalue weighted by atomic mass is 16.5. The maximum atomic E-state index is 11.8. The van der Waals surface area contributed by atoms with Crippen molar-refractivity contribution in [2.45, 2.75) is 12.5 Å². The fraction of sp³-hybridized carbons (Fsp3) is 0.571. The van der Waals surface area contributed by atoms with E-state index < -0.39 is 0 Å². The number of anilines is 2. The second-order valence-corrected chi connectivity index (χ2v) is 4.85. The summed E-state index contributed by atoms with van der Waals surface area (Å²) in [6.45, 7) is 3.50. The average Bonchev–Trinajstić information content (AvgIpc) is 2.54. The maximum absolute atomic E-state index is 11.8. The van der Waals surface area contributed by atoms with Crippen molar-refractivity contribution in [3.8, 4) is 0 Å². The number of amides is 1. The molecule has 0 spiro atoms. The topological polar surface area (TPSA) is 89.7 Å². The van der Waals surface area contributed by atoms with E-state index in [0.717, 1.165) is 32.0 Å². The van der Waals surface area contributed by atoms with Crippen LogP contribution in [-0.4, -0.2) is 57.0 Å². The van der Waals surface area contributed by atoms with E-state index in [1.165, 1.54) is 0 Å². The van der Waals surface area contributed by atoms with Gasteiger partial charge < -0.3 is 25.4 Å². The van der Waals surface area contributed by atoms with Crippen LogP contribution in [0.3, 0.4) is 0 Å². The van der Waals surface area contributed by atoms with Crippen LogP contribution >= 0.6 is 0 Å². The Hall–Kier alpha value is -1.70. The molecule has 21 heavy (non-hydrogen) atoms. The standard InChI is InChI=1S/C14H22N4O3/c1-20-12(9-15)8-14(19)17-13-3-2-11(10-16-13)18-4-6-21-7-5-18/h2-3,10,12H,4-9,15H2,1H3,(H,16,17,19). The Morgan fingerprint density at radius 3 is 2.86 bits per heavy atom. The predicted molar refractivity (Wildman–Crippen MR) is 80.4 cm³/mol. The number of nitrogens with zero attached hydrogens (tertiary/aromatic N) is 2. The smallest absolute Gasteiger partial charge is 0.228 e. The lowest BCUT2D eigenvalue weighted by atomic mass is 10.2. The minimum absolute atomic E-state index is 0.154. The van der Waals surface area contributed by atoms with Crippen LogP contribution in [0.1, 0.15) is 6.42 Å². The summed E-state index contributed by atoms with van der Waals surface area (Å²) in [5.41, 5.74) is 6.53. The van der Waals surface area contributed by atoms with Gasteiger partial charge in [0, 0.05) is 26.7 Å². The summed E-state index contributed by atoms with van der Waals surface area (Å²) in [4.78, 5) is 18.3. The van der Waals surface area contributed by atoms with E-state index in [2.05, 4.69) is 15.2 Å². The number of carbonyl (C=O) groups excluding carboxylic acids is 1. The third-order valence-electron chi connectivity index (χ3n) is 3.40. The summed E-state index contributed by atoms with van der Waals surface area (Å²) in [5.74, 6) is 0.378. The van der Waals surface area contributed by atoms with Crippen molar-refractivity contribution in [2.24, 2.45) is 5.73 Å². The normalized spacial score (nSPS) is 16.6. The van der Waals surface area contributed by atoms with Gasteiger partial charge in [-0.05, 0) is 12.1 Å². The summed E-state index contributed by atoms with van der Waals surface area (Å²) in [5, 5.41) is 2.74. The molecule has 2 heterocycles. The minimum Gasteiger partial charge on any atom is -0.380 e. The summed E-state index contributed by atoms with van der Waals surface area (Å²) in [6.07, 6.45) is 1.72. The highest BCUT2D eigenvalue weighted by molar-refractivity contribution is 5.90. The largest absolute Gasteiger partial charge is 0.380 e. The van der Waals surface area contributed by atoms with E-state index in [1.807, 2.05) is 6.07 Å². The SMILES string of the molecule is COC(CN)CC(=O)Nc1ccc(N2CCOCC2)cn1. The summed E-state index contributed by atoms with van der Waals surface area (Å²) in [7, 11) is 1.54. The molecule has 1 aliphatic rings. The quantitative estimate of drug-likeness (QED) is 0.780. The molecule has 0 bridgehead atoms. The Balaban J connectivity index is 1.88. The van der Waals surface area contributed by atoms with Gasteiger partial charge in [-0.25, -0.2) is 4.98 Å². The lowest BCUT2D eigenvalue weighted by Gasteiger charge is -2.28. The van der Waals surface area contributed by atoms with E-state index in [9.17, 15) is 4.79 Å². The van der Waals surface area contributed by atoms with E-state index in [1.54, 1.807) is 19.4 Å². The Kier molecular flexibility index (Phi) is 5.91. The lowest BCUT2D eigenvalue weighted by Crippen LogP contribution is -2.36. The van der Waals surface area contributed by atoms with Crippen LogP contribution in [0, 0.1) is 0 Å². The molecule has 0 radical (unpaired) electrons. The third-order valence-corrected chi connectivity index (χ3v) is 3.40.